The molecule has 0 aliphatic heterocycles. The van der Waals surface area contributed by atoms with Crippen molar-refractivity contribution in [3.63, 3.8) is 0 Å². The first-order chi connectivity index (χ1) is 14.4. The maximum atomic E-state index is 12.3. The van der Waals surface area contributed by atoms with Crippen LogP contribution < -0.4 is 10.1 Å². The van der Waals surface area contributed by atoms with Gasteiger partial charge in [0.1, 0.15) is 5.75 Å². The number of hydrogen-bond donors (Lipinski definition) is 1. The molecule has 0 aliphatic carbocycles. The second-order valence-electron chi connectivity index (χ2n) is 7.08. The van der Waals surface area contributed by atoms with Crippen LogP contribution in [0.25, 0.3) is 11.3 Å². The van der Waals surface area contributed by atoms with Gasteiger partial charge < -0.3 is 14.5 Å². The summed E-state index contributed by atoms with van der Waals surface area (Å²) in [6.07, 6.45) is 2.12. The van der Waals surface area contributed by atoms with Crippen LogP contribution in [0.5, 0.6) is 5.75 Å². The van der Waals surface area contributed by atoms with Crippen molar-refractivity contribution in [2.45, 2.75) is 32.6 Å². The van der Waals surface area contributed by atoms with E-state index in [2.05, 4.69) is 36.3 Å². The lowest BCUT2D eigenvalue weighted by atomic mass is 10.0. The van der Waals surface area contributed by atoms with Gasteiger partial charge in [0.05, 0.1) is 30.0 Å². The van der Waals surface area contributed by atoms with Crippen molar-refractivity contribution in [2.24, 2.45) is 0 Å². The number of anilines is 1. The standard InChI is InChI=1S/C22H23N3O5/c1-14(2)15-4-6-16(7-5-15)20-13-23-22(30-20)11-10-21(26)24-18-9-8-17(25(27)28)12-19(18)29-3/h4-9,12-14H,10-11H2,1-3H3,(H,24,26). The van der Waals surface area contributed by atoms with Crippen LogP contribution in [0.1, 0.15) is 37.6 Å². The number of nitro benzene ring substituents is 1. The number of nitro groups is 1. The first-order valence-electron chi connectivity index (χ1n) is 9.54. The number of hydrogen-bond acceptors (Lipinski definition) is 6. The normalized spacial score (nSPS) is 10.8. The van der Waals surface area contributed by atoms with Gasteiger partial charge >= 0.3 is 0 Å². The molecule has 0 aliphatic rings. The van der Waals surface area contributed by atoms with E-state index >= 15 is 0 Å². The number of nitrogens with zero attached hydrogens (tertiary/aromatic N) is 2. The van der Waals surface area contributed by atoms with Crippen molar-refractivity contribution in [1.82, 2.24) is 4.98 Å². The van der Waals surface area contributed by atoms with Crippen LogP contribution in [0.3, 0.4) is 0 Å². The smallest absolute Gasteiger partial charge is 0.273 e. The maximum absolute atomic E-state index is 12.3. The second kappa shape index (κ2) is 9.21. The van der Waals surface area contributed by atoms with E-state index in [1.807, 2.05) is 12.1 Å². The summed E-state index contributed by atoms with van der Waals surface area (Å²) in [7, 11) is 1.39. The number of rotatable bonds is 8. The zero-order valence-corrected chi connectivity index (χ0v) is 17.0. The van der Waals surface area contributed by atoms with E-state index in [1.165, 1.54) is 30.9 Å². The van der Waals surface area contributed by atoms with E-state index in [0.29, 0.717) is 29.7 Å². The van der Waals surface area contributed by atoms with E-state index in [0.717, 1.165) is 5.56 Å². The molecule has 1 aromatic heterocycles. The van der Waals surface area contributed by atoms with E-state index in [4.69, 9.17) is 9.15 Å². The summed E-state index contributed by atoms with van der Waals surface area (Å²) in [4.78, 5) is 26.9. The van der Waals surface area contributed by atoms with E-state index in [1.54, 1.807) is 6.20 Å². The number of nitrogens with one attached hydrogen (secondary N) is 1. The molecule has 0 atom stereocenters. The molecule has 8 heteroatoms. The maximum Gasteiger partial charge on any atom is 0.273 e. The summed E-state index contributed by atoms with van der Waals surface area (Å²) < 4.78 is 10.9. The van der Waals surface area contributed by atoms with Gasteiger partial charge in [-0.15, -0.1) is 0 Å². The fourth-order valence-corrected chi connectivity index (χ4v) is 2.92. The molecular formula is C22H23N3O5. The van der Waals surface area contributed by atoms with Gasteiger partial charge in [-0.3, -0.25) is 14.9 Å². The molecule has 0 saturated carbocycles. The monoisotopic (exact) mass is 409 g/mol. The molecule has 0 spiro atoms. The van der Waals surface area contributed by atoms with Crippen LogP contribution >= 0.6 is 0 Å². The Bertz CT molecular complexity index is 1040. The number of methoxy groups -OCH3 is 1. The summed E-state index contributed by atoms with van der Waals surface area (Å²) in [6, 6.07) is 12.1. The summed E-state index contributed by atoms with van der Waals surface area (Å²) in [5, 5.41) is 13.6. The highest BCUT2D eigenvalue weighted by molar-refractivity contribution is 5.92. The quantitative estimate of drug-likeness (QED) is 0.416. The number of amides is 1. The Morgan fingerprint density at radius 1 is 1.23 bits per heavy atom. The third kappa shape index (κ3) is 5.02. The number of carbonyl (C=O) groups is 1. The van der Waals surface area contributed by atoms with Crippen molar-refractivity contribution in [2.75, 3.05) is 12.4 Å². The number of carbonyl (C=O) groups excluding carboxylic acids is 1. The number of non-ortho nitro benzene ring substituents is 1. The SMILES string of the molecule is COc1cc([N+](=O)[O-])ccc1NC(=O)CCc1ncc(-c2ccc(C(C)C)cc2)o1. The van der Waals surface area contributed by atoms with E-state index in [-0.39, 0.29) is 23.8 Å². The number of aryl methyl sites for hydroxylation is 1. The fraction of sp³-hybridized carbons (Fsp3) is 0.273. The van der Waals surface area contributed by atoms with Crippen molar-refractivity contribution < 1.29 is 18.9 Å². The Labute approximate surface area is 174 Å². The van der Waals surface area contributed by atoms with E-state index < -0.39 is 4.92 Å². The molecule has 8 nitrogen and oxygen atoms in total. The molecule has 2 aromatic carbocycles. The molecule has 0 saturated heterocycles. The van der Waals surface area contributed by atoms with Crippen molar-refractivity contribution in [3.05, 3.63) is 70.2 Å². The number of aromatic nitrogens is 1. The zero-order chi connectivity index (χ0) is 21.7. The highest BCUT2D eigenvalue weighted by atomic mass is 16.6. The highest BCUT2D eigenvalue weighted by Gasteiger charge is 2.14. The van der Waals surface area contributed by atoms with Crippen molar-refractivity contribution in [3.8, 4) is 17.1 Å². The Balaban J connectivity index is 1.60. The first-order valence-corrected chi connectivity index (χ1v) is 9.54. The van der Waals surface area contributed by atoms with Gasteiger partial charge in [-0.1, -0.05) is 38.1 Å². The van der Waals surface area contributed by atoms with Crippen LogP contribution in [0, 0.1) is 10.1 Å². The lowest BCUT2D eigenvalue weighted by Gasteiger charge is -2.09. The minimum absolute atomic E-state index is 0.112. The van der Waals surface area contributed by atoms with E-state index in [9.17, 15) is 14.9 Å². The molecule has 0 bridgehead atoms. The Morgan fingerprint density at radius 3 is 2.60 bits per heavy atom. The molecule has 3 aromatic rings. The van der Waals surface area contributed by atoms with Crippen LogP contribution in [0.2, 0.25) is 0 Å². The molecular weight excluding hydrogens is 386 g/mol. The van der Waals surface area contributed by atoms with Gasteiger partial charge in [0, 0.05) is 24.5 Å². The van der Waals surface area contributed by atoms with Crippen LogP contribution in [-0.4, -0.2) is 22.9 Å². The molecule has 1 amide bonds. The molecule has 0 radical (unpaired) electrons. The fourth-order valence-electron chi connectivity index (χ4n) is 2.92. The van der Waals surface area contributed by atoms with Gasteiger partial charge in [0.2, 0.25) is 5.91 Å². The van der Waals surface area contributed by atoms with Gasteiger partial charge in [0.15, 0.2) is 11.7 Å². The second-order valence-corrected chi connectivity index (χ2v) is 7.08. The molecule has 30 heavy (non-hydrogen) atoms. The lowest BCUT2D eigenvalue weighted by molar-refractivity contribution is -0.384. The summed E-state index contributed by atoms with van der Waals surface area (Å²) in [5.74, 6) is 1.52. The van der Waals surface area contributed by atoms with Gasteiger partial charge in [-0.05, 0) is 17.5 Å². The van der Waals surface area contributed by atoms with Crippen LogP contribution in [-0.2, 0) is 11.2 Å². The minimum Gasteiger partial charge on any atom is -0.494 e. The summed E-state index contributed by atoms with van der Waals surface area (Å²) in [5.41, 5.74) is 2.43. The average Bonchev–Trinajstić information content (AvgIpc) is 3.21. The molecule has 1 N–H and O–H groups in total. The van der Waals surface area contributed by atoms with Crippen molar-refractivity contribution >= 4 is 17.3 Å². The Hall–Kier alpha value is -3.68. The Morgan fingerprint density at radius 2 is 1.97 bits per heavy atom. The predicted molar refractivity (Wildman–Crippen MR) is 113 cm³/mol. The number of ether oxygens (including phenoxy) is 1. The van der Waals surface area contributed by atoms with Crippen molar-refractivity contribution in [1.29, 1.82) is 0 Å². The predicted octanol–water partition coefficient (Wildman–Crippen LogP) is 4.95. The van der Waals surface area contributed by atoms with Crippen LogP contribution in [0.15, 0.2) is 53.1 Å². The third-order valence-electron chi connectivity index (χ3n) is 4.65. The average molecular weight is 409 g/mol. The minimum atomic E-state index is -0.523. The topological polar surface area (TPSA) is 108 Å². The van der Waals surface area contributed by atoms with Crippen LogP contribution in [0.4, 0.5) is 11.4 Å². The molecule has 1 heterocycles. The largest absolute Gasteiger partial charge is 0.494 e. The third-order valence-corrected chi connectivity index (χ3v) is 4.65. The summed E-state index contributed by atoms with van der Waals surface area (Å²) in [6.45, 7) is 4.28. The summed E-state index contributed by atoms with van der Waals surface area (Å²) >= 11 is 0. The van der Waals surface area contributed by atoms with Gasteiger partial charge in [-0.25, -0.2) is 4.98 Å². The highest BCUT2D eigenvalue weighted by Crippen LogP contribution is 2.29. The molecule has 0 fully saturated rings. The molecule has 3 rings (SSSR count). The zero-order valence-electron chi connectivity index (χ0n) is 17.0. The number of oxazole rings is 1. The number of benzene rings is 2. The lowest BCUT2D eigenvalue weighted by Crippen LogP contribution is -2.13. The van der Waals surface area contributed by atoms with Gasteiger partial charge in [0.25, 0.3) is 5.69 Å². The van der Waals surface area contributed by atoms with Gasteiger partial charge in [-0.2, -0.15) is 0 Å². The molecule has 0 unspecified atom stereocenters. The first kappa shape index (κ1) is 21.0. The Kier molecular flexibility index (Phi) is 6.46. The molecule has 156 valence electrons.